The highest BCUT2D eigenvalue weighted by Crippen LogP contribution is 2.62. The first kappa shape index (κ1) is 28.2. The van der Waals surface area contributed by atoms with E-state index in [0.717, 1.165) is 0 Å². The van der Waals surface area contributed by atoms with Gasteiger partial charge in [0.15, 0.2) is 0 Å². The van der Waals surface area contributed by atoms with Crippen LogP contribution >= 0.6 is 0 Å². The van der Waals surface area contributed by atoms with Gasteiger partial charge in [0.1, 0.15) is 0 Å². The Balaban J connectivity index is 1.34. The average Bonchev–Trinajstić information content (AvgIpc) is 3.56. The summed E-state index contributed by atoms with van der Waals surface area (Å²) in [5.41, 5.74) is 13.3. The molecule has 0 fully saturated rings. The third-order valence-electron chi connectivity index (χ3n) is 12.2. The van der Waals surface area contributed by atoms with Crippen molar-refractivity contribution < 1.29 is 0 Å². The molecular formula is C43H44N2. The summed E-state index contributed by atoms with van der Waals surface area (Å²) < 4.78 is 2.41. The van der Waals surface area contributed by atoms with Gasteiger partial charge in [-0.2, -0.15) is 0 Å². The molecule has 1 aliphatic rings. The summed E-state index contributed by atoms with van der Waals surface area (Å²) in [6.07, 6.45) is 0. The molecule has 226 valence electrons. The van der Waals surface area contributed by atoms with Gasteiger partial charge in [0.2, 0.25) is 0 Å². The van der Waals surface area contributed by atoms with Crippen LogP contribution in [0.5, 0.6) is 0 Å². The van der Waals surface area contributed by atoms with Gasteiger partial charge in [0, 0.05) is 38.3 Å². The Labute approximate surface area is 267 Å². The maximum atomic E-state index is 3.77. The van der Waals surface area contributed by atoms with Gasteiger partial charge in [0.05, 0.1) is 11.0 Å². The standard InChI is InChI=1S/C43H44N2/c1-40(2,3)28-17-20-39-33(23-28)32-22-27(16-19-38(32)45(39)29-13-11-10-12-14-29)26-15-18-36-30(21-26)31-24-34-35(25-37(31)44-36)42(6,7)43(8,9)41(34,4)5/h10-25,44H,1-9H3. The lowest BCUT2D eigenvalue weighted by Crippen LogP contribution is -2.42. The van der Waals surface area contributed by atoms with Crippen LogP contribution in [0.1, 0.15) is 79.0 Å². The van der Waals surface area contributed by atoms with E-state index < -0.39 is 0 Å². The number of benzene rings is 5. The molecule has 0 saturated carbocycles. The van der Waals surface area contributed by atoms with Crippen LogP contribution in [0.2, 0.25) is 0 Å². The highest BCUT2D eigenvalue weighted by molar-refractivity contribution is 6.12. The molecule has 2 aromatic heterocycles. The first-order valence-electron chi connectivity index (χ1n) is 16.5. The topological polar surface area (TPSA) is 20.7 Å². The molecule has 2 nitrogen and oxygen atoms in total. The molecule has 0 bridgehead atoms. The van der Waals surface area contributed by atoms with Gasteiger partial charge in [-0.25, -0.2) is 0 Å². The number of nitrogens with one attached hydrogen (secondary N) is 1. The molecule has 0 unspecified atom stereocenters. The van der Waals surface area contributed by atoms with Crippen molar-refractivity contribution in [2.24, 2.45) is 5.41 Å². The van der Waals surface area contributed by atoms with Crippen molar-refractivity contribution in [1.29, 1.82) is 0 Å². The van der Waals surface area contributed by atoms with Crippen LogP contribution in [0, 0.1) is 5.41 Å². The van der Waals surface area contributed by atoms with Crippen LogP contribution in [0.3, 0.4) is 0 Å². The Morgan fingerprint density at radius 1 is 0.533 bits per heavy atom. The van der Waals surface area contributed by atoms with Gasteiger partial charge >= 0.3 is 0 Å². The van der Waals surface area contributed by atoms with Gasteiger partial charge in [-0.15, -0.1) is 0 Å². The van der Waals surface area contributed by atoms with Crippen molar-refractivity contribution in [3.63, 3.8) is 0 Å². The predicted molar refractivity (Wildman–Crippen MR) is 194 cm³/mol. The van der Waals surface area contributed by atoms with Gasteiger partial charge in [-0.3, -0.25) is 0 Å². The van der Waals surface area contributed by atoms with E-state index in [0.29, 0.717) is 0 Å². The lowest BCUT2D eigenvalue weighted by Gasteiger charge is -2.44. The minimum Gasteiger partial charge on any atom is -0.355 e. The maximum Gasteiger partial charge on any atom is 0.0541 e. The number of fused-ring (bicyclic) bond motifs is 7. The molecule has 1 aliphatic carbocycles. The van der Waals surface area contributed by atoms with Gasteiger partial charge in [-0.1, -0.05) is 98.7 Å². The van der Waals surface area contributed by atoms with Crippen LogP contribution in [0.15, 0.2) is 97.1 Å². The Morgan fingerprint density at radius 2 is 1.09 bits per heavy atom. The van der Waals surface area contributed by atoms with E-state index in [4.69, 9.17) is 0 Å². The summed E-state index contributed by atoms with van der Waals surface area (Å²) in [5.74, 6) is 0. The molecule has 0 atom stereocenters. The Bertz CT molecular complexity index is 2310. The molecule has 0 aliphatic heterocycles. The molecule has 0 amide bonds. The summed E-state index contributed by atoms with van der Waals surface area (Å²) in [4.78, 5) is 3.77. The van der Waals surface area contributed by atoms with E-state index in [1.165, 1.54) is 77.1 Å². The van der Waals surface area contributed by atoms with E-state index in [-0.39, 0.29) is 21.7 Å². The third-order valence-corrected chi connectivity index (χ3v) is 12.2. The maximum absolute atomic E-state index is 3.77. The smallest absolute Gasteiger partial charge is 0.0541 e. The minimum atomic E-state index is 0.0745. The van der Waals surface area contributed by atoms with Crippen molar-refractivity contribution in [1.82, 2.24) is 9.55 Å². The van der Waals surface area contributed by atoms with E-state index in [1.54, 1.807) is 0 Å². The van der Waals surface area contributed by atoms with Gasteiger partial charge in [0.25, 0.3) is 0 Å². The van der Waals surface area contributed by atoms with Crippen LogP contribution in [0.4, 0.5) is 0 Å². The highest BCUT2D eigenvalue weighted by atomic mass is 15.0. The monoisotopic (exact) mass is 588 g/mol. The summed E-state index contributed by atoms with van der Waals surface area (Å²) >= 11 is 0. The second-order valence-corrected chi connectivity index (χ2v) is 16.1. The molecule has 5 aromatic carbocycles. The molecule has 1 N–H and O–H groups in total. The normalized spacial score (nSPS) is 17.1. The van der Waals surface area contributed by atoms with Crippen molar-refractivity contribution in [2.45, 2.75) is 78.6 Å². The SMILES string of the molecule is CC(C)(C)c1ccc2c(c1)c1cc(-c3ccc4[nH]c5cc6c(cc5c4c3)C(C)(C)C(C)(C)C6(C)C)ccc1n2-c1ccccc1. The number of hydrogen-bond acceptors (Lipinski definition) is 0. The number of para-hydroxylation sites is 1. The van der Waals surface area contributed by atoms with Crippen LogP contribution in [-0.4, -0.2) is 9.55 Å². The van der Waals surface area contributed by atoms with Crippen LogP contribution in [-0.2, 0) is 16.2 Å². The fourth-order valence-electron chi connectivity index (χ4n) is 8.14. The number of aromatic nitrogens is 2. The largest absolute Gasteiger partial charge is 0.355 e. The van der Waals surface area contributed by atoms with Gasteiger partial charge in [-0.05, 0) is 110 Å². The van der Waals surface area contributed by atoms with Crippen LogP contribution in [0.25, 0.3) is 60.4 Å². The lowest BCUT2D eigenvalue weighted by molar-refractivity contribution is 0.125. The molecule has 8 rings (SSSR count). The molecule has 0 saturated heterocycles. The molecule has 45 heavy (non-hydrogen) atoms. The Hall–Kier alpha value is -4.30. The zero-order valence-electron chi connectivity index (χ0n) is 28.2. The Kier molecular flexibility index (Phi) is 5.58. The summed E-state index contributed by atoms with van der Waals surface area (Å²) in [7, 11) is 0. The predicted octanol–water partition coefficient (Wildman–Crippen LogP) is 12.0. The second-order valence-electron chi connectivity index (χ2n) is 16.1. The van der Waals surface area contributed by atoms with E-state index in [9.17, 15) is 0 Å². The molecule has 2 heterocycles. The fourth-order valence-corrected chi connectivity index (χ4v) is 8.14. The summed E-state index contributed by atoms with van der Waals surface area (Å²) in [5, 5.41) is 5.22. The van der Waals surface area contributed by atoms with E-state index in [1.807, 2.05) is 0 Å². The molecule has 2 heteroatoms. The molecule has 0 spiro atoms. The van der Waals surface area contributed by atoms with Crippen LogP contribution < -0.4 is 0 Å². The molecule has 7 aromatic rings. The van der Waals surface area contributed by atoms with Crippen molar-refractivity contribution in [2.75, 3.05) is 0 Å². The van der Waals surface area contributed by atoms with Crippen molar-refractivity contribution >= 4 is 43.6 Å². The molecule has 0 radical (unpaired) electrons. The average molecular weight is 589 g/mol. The number of rotatable bonds is 2. The summed E-state index contributed by atoms with van der Waals surface area (Å²) in [6.45, 7) is 21.5. The highest BCUT2D eigenvalue weighted by Gasteiger charge is 2.56. The summed E-state index contributed by atoms with van der Waals surface area (Å²) in [6, 6.07) is 36.7. The first-order valence-corrected chi connectivity index (χ1v) is 16.5. The quantitative estimate of drug-likeness (QED) is 0.207. The first-order chi connectivity index (χ1) is 21.2. The number of H-pyrrole nitrogens is 1. The third kappa shape index (κ3) is 3.75. The minimum absolute atomic E-state index is 0.0745. The lowest BCUT2D eigenvalue weighted by atomic mass is 9.59. The van der Waals surface area contributed by atoms with E-state index in [2.05, 4.69) is 169 Å². The van der Waals surface area contributed by atoms with Crippen molar-refractivity contribution in [3.05, 3.63) is 114 Å². The molecular weight excluding hydrogens is 544 g/mol. The zero-order valence-corrected chi connectivity index (χ0v) is 28.2. The van der Waals surface area contributed by atoms with Crippen molar-refractivity contribution in [3.8, 4) is 16.8 Å². The number of hydrogen-bond donors (Lipinski definition) is 1. The number of nitrogens with zero attached hydrogens (tertiary/aromatic N) is 1. The number of aromatic amines is 1. The Morgan fingerprint density at radius 3 is 1.76 bits per heavy atom. The fraction of sp³-hybridized carbons (Fsp3) is 0.302. The zero-order chi connectivity index (χ0) is 31.7. The van der Waals surface area contributed by atoms with Gasteiger partial charge < -0.3 is 9.55 Å². The van der Waals surface area contributed by atoms with E-state index >= 15 is 0 Å². The second kappa shape index (κ2) is 8.91.